The van der Waals surface area contributed by atoms with E-state index in [0.29, 0.717) is 12.5 Å². The Morgan fingerprint density at radius 1 is 1.16 bits per heavy atom. The molecule has 2 atom stereocenters. The van der Waals surface area contributed by atoms with Crippen LogP contribution in [0.2, 0.25) is 0 Å². The molecule has 0 heterocycles. The summed E-state index contributed by atoms with van der Waals surface area (Å²) in [7, 11) is 0. The standard InChI is InChI=1S/C14H17ClF3N/c15-13-6-3-11(7-13)9-19-8-10-1-4-12(5-2-10)14(16,17)18/h1-2,4-5,11,13,19H,3,6-9H2. The molecule has 1 aromatic carbocycles. The summed E-state index contributed by atoms with van der Waals surface area (Å²) in [6.45, 7) is 1.48. The second-order valence-electron chi connectivity index (χ2n) is 5.10. The fourth-order valence-electron chi connectivity index (χ4n) is 2.43. The van der Waals surface area contributed by atoms with Gasteiger partial charge in [0.25, 0.3) is 0 Å². The van der Waals surface area contributed by atoms with Crippen LogP contribution in [0.1, 0.15) is 30.4 Å². The van der Waals surface area contributed by atoms with Crippen LogP contribution in [0.25, 0.3) is 0 Å². The minimum absolute atomic E-state index is 0.290. The fourth-order valence-corrected chi connectivity index (χ4v) is 2.81. The average molecular weight is 292 g/mol. The van der Waals surface area contributed by atoms with Crippen molar-refractivity contribution in [1.29, 1.82) is 0 Å². The van der Waals surface area contributed by atoms with Crippen LogP contribution in [-0.2, 0) is 12.7 Å². The first-order valence-corrected chi connectivity index (χ1v) is 6.89. The summed E-state index contributed by atoms with van der Waals surface area (Å²) in [4.78, 5) is 0. The van der Waals surface area contributed by atoms with E-state index in [0.717, 1.165) is 43.5 Å². The van der Waals surface area contributed by atoms with E-state index in [1.807, 2.05) is 0 Å². The van der Waals surface area contributed by atoms with Gasteiger partial charge in [-0.2, -0.15) is 13.2 Å². The Labute approximate surface area is 116 Å². The number of benzene rings is 1. The predicted octanol–water partition coefficient (Wildman–Crippen LogP) is 4.20. The third kappa shape index (κ3) is 4.39. The number of halogens is 4. The molecule has 1 aliphatic rings. The quantitative estimate of drug-likeness (QED) is 0.820. The first-order valence-electron chi connectivity index (χ1n) is 6.46. The zero-order valence-electron chi connectivity index (χ0n) is 10.5. The Hall–Kier alpha value is -0.740. The lowest BCUT2D eigenvalue weighted by Crippen LogP contribution is -2.21. The third-order valence-corrected chi connectivity index (χ3v) is 3.92. The maximum absolute atomic E-state index is 12.4. The van der Waals surface area contributed by atoms with Gasteiger partial charge in [-0.15, -0.1) is 11.6 Å². The lowest BCUT2D eigenvalue weighted by molar-refractivity contribution is -0.137. The Kier molecular flexibility index (Phi) is 4.74. The van der Waals surface area contributed by atoms with Crippen LogP contribution in [0.4, 0.5) is 13.2 Å². The van der Waals surface area contributed by atoms with Gasteiger partial charge in [0.1, 0.15) is 0 Å². The summed E-state index contributed by atoms with van der Waals surface area (Å²) >= 11 is 6.03. The smallest absolute Gasteiger partial charge is 0.312 e. The van der Waals surface area contributed by atoms with Gasteiger partial charge in [0.05, 0.1) is 5.56 Å². The van der Waals surface area contributed by atoms with Gasteiger partial charge < -0.3 is 5.32 Å². The van der Waals surface area contributed by atoms with Gasteiger partial charge >= 0.3 is 6.18 Å². The van der Waals surface area contributed by atoms with Crippen LogP contribution < -0.4 is 5.32 Å². The number of hydrogen-bond acceptors (Lipinski definition) is 1. The highest BCUT2D eigenvalue weighted by Gasteiger charge is 2.29. The summed E-state index contributed by atoms with van der Waals surface area (Å²) in [5.74, 6) is 0.594. The molecule has 0 saturated heterocycles. The van der Waals surface area contributed by atoms with Crippen molar-refractivity contribution in [2.45, 2.75) is 37.4 Å². The average Bonchev–Trinajstić information content (AvgIpc) is 2.75. The highest BCUT2D eigenvalue weighted by molar-refractivity contribution is 6.20. The minimum atomic E-state index is -4.26. The fraction of sp³-hybridized carbons (Fsp3) is 0.571. The Morgan fingerprint density at radius 2 is 1.84 bits per heavy atom. The first kappa shape index (κ1) is 14.7. The van der Waals surface area contributed by atoms with Crippen molar-refractivity contribution in [3.63, 3.8) is 0 Å². The van der Waals surface area contributed by atoms with Gasteiger partial charge in [-0.1, -0.05) is 12.1 Å². The van der Waals surface area contributed by atoms with E-state index in [2.05, 4.69) is 5.32 Å². The van der Waals surface area contributed by atoms with Gasteiger partial charge in [0, 0.05) is 11.9 Å². The molecule has 1 N–H and O–H groups in total. The lowest BCUT2D eigenvalue weighted by atomic mass is 10.1. The first-order chi connectivity index (χ1) is 8.95. The summed E-state index contributed by atoms with van der Waals surface area (Å²) in [6, 6.07) is 5.30. The molecular weight excluding hydrogens is 275 g/mol. The second-order valence-corrected chi connectivity index (χ2v) is 5.72. The van der Waals surface area contributed by atoms with Crippen LogP contribution in [0.15, 0.2) is 24.3 Å². The molecule has 1 aromatic rings. The molecular formula is C14H17ClF3N. The number of alkyl halides is 4. The van der Waals surface area contributed by atoms with Crippen LogP contribution in [0, 0.1) is 5.92 Å². The number of rotatable bonds is 4. The van der Waals surface area contributed by atoms with E-state index in [-0.39, 0.29) is 5.38 Å². The van der Waals surface area contributed by atoms with E-state index in [1.54, 1.807) is 0 Å². The molecule has 5 heteroatoms. The van der Waals surface area contributed by atoms with Crippen LogP contribution in [0.3, 0.4) is 0 Å². The molecule has 1 aliphatic carbocycles. The molecule has 106 valence electrons. The summed E-state index contributed by atoms with van der Waals surface area (Å²) in [5.41, 5.74) is 0.269. The zero-order chi connectivity index (χ0) is 13.9. The van der Waals surface area contributed by atoms with Crippen molar-refractivity contribution >= 4 is 11.6 Å². The molecule has 0 amide bonds. The van der Waals surface area contributed by atoms with E-state index < -0.39 is 11.7 Å². The van der Waals surface area contributed by atoms with E-state index in [1.165, 1.54) is 12.1 Å². The van der Waals surface area contributed by atoms with Crippen molar-refractivity contribution in [3.8, 4) is 0 Å². The Bertz CT molecular complexity index is 402. The van der Waals surface area contributed by atoms with Crippen molar-refractivity contribution < 1.29 is 13.2 Å². The Morgan fingerprint density at radius 3 is 2.37 bits per heavy atom. The molecule has 0 aliphatic heterocycles. The van der Waals surface area contributed by atoms with Gasteiger partial charge in [-0.05, 0) is 49.4 Å². The highest BCUT2D eigenvalue weighted by atomic mass is 35.5. The van der Waals surface area contributed by atoms with Crippen LogP contribution in [-0.4, -0.2) is 11.9 Å². The second kappa shape index (κ2) is 6.14. The molecule has 2 rings (SSSR count). The monoisotopic (exact) mass is 291 g/mol. The van der Waals surface area contributed by atoms with E-state index >= 15 is 0 Å². The molecule has 0 aromatic heterocycles. The molecule has 1 fully saturated rings. The molecule has 0 spiro atoms. The summed E-state index contributed by atoms with van der Waals surface area (Å²) in [6.07, 6.45) is -1.03. The van der Waals surface area contributed by atoms with Crippen molar-refractivity contribution in [2.75, 3.05) is 6.54 Å². The number of nitrogens with one attached hydrogen (secondary N) is 1. The summed E-state index contributed by atoms with van der Waals surface area (Å²) < 4.78 is 37.2. The summed E-state index contributed by atoms with van der Waals surface area (Å²) in [5, 5.41) is 3.57. The molecule has 0 radical (unpaired) electrons. The molecule has 2 unspecified atom stereocenters. The molecule has 0 bridgehead atoms. The largest absolute Gasteiger partial charge is 0.416 e. The van der Waals surface area contributed by atoms with Gasteiger partial charge in [-0.3, -0.25) is 0 Å². The maximum Gasteiger partial charge on any atom is 0.416 e. The van der Waals surface area contributed by atoms with E-state index in [9.17, 15) is 13.2 Å². The topological polar surface area (TPSA) is 12.0 Å². The van der Waals surface area contributed by atoms with Crippen molar-refractivity contribution in [1.82, 2.24) is 5.32 Å². The lowest BCUT2D eigenvalue weighted by Gasteiger charge is -2.11. The van der Waals surface area contributed by atoms with Crippen LogP contribution >= 0.6 is 11.6 Å². The molecule has 19 heavy (non-hydrogen) atoms. The Balaban J connectivity index is 1.77. The van der Waals surface area contributed by atoms with Gasteiger partial charge in [0.2, 0.25) is 0 Å². The predicted molar refractivity (Wildman–Crippen MR) is 70.1 cm³/mol. The molecule has 1 saturated carbocycles. The highest BCUT2D eigenvalue weighted by Crippen LogP contribution is 2.30. The normalized spacial score (nSPS) is 23.8. The number of hydrogen-bond donors (Lipinski definition) is 1. The molecule has 1 nitrogen and oxygen atoms in total. The van der Waals surface area contributed by atoms with Gasteiger partial charge in [0.15, 0.2) is 0 Å². The van der Waals surface area contributed by atoms with E-state index in [4.69, 9.17) is 11.6 Å². The van der Waals surface area contributed by atoms with Gasteiger partial charge in [-0.25, -0.2) is 0 Å². The maximum atomic E-state index is 12.4. The zero-order valence-corrected chi connectivity index (χ0v) is 11.3. The van der Waals surface area contributed by atoms with Crippen LogP contribution in [0.5, 0.6) is 0 Å². The van der Waals surface area contributed by atoms with Crippen molar-refractivity contribution in [3.05, 3.63) is 35.4 Å². The third-order valence-electron chi connectivity index (χ3n) is 3.52. The minimum Gasteiger partial charge on any atom is -0.312 e. The van der Waals surface area contributed by atoms with Crippen molar-refractivity contribution in [2.24, 2.45) is 5.92 Å². The SMILES string of the molecule is FC(F)(F)c1ccc(CNCC2CCC(Cl)C2)cc1.